The van der Waals surface area contributed by atoms with E-state index >= 15 is 0 Å². The number of amides is 1. The zero-order valence-corrected chi connectivity index (χ0v) is 15.0. The summed E-state index contributed by atoms with van der Waals surface area (Å²) in [5.74, 6) is 1.51. The smallest absolute Gasteiger partial charge is 0.234 e. The van der Waals surface area contributed by atoms with Crippen LogP contribution in [0.2, 0.25) is 0 Å². The third kappa shape index (κ3) is 3.39. The van der Waals surface area contributed by atoms with Crippen LogP contribution in [0.3, 0.4) is 0 Å². The summed E-state index contributed by atoms with van der Waals surface area (Å²) in [6.07, 6.45) is 1.83. The first-order chi connectivity index (χ1) is 12.7. The van der Waals surface area contributed by atoms with Crippen molar-refractivity contribution in [2.24, 2.45) is 7.05 Å². The first-order valence-electron chi connectivity index (χ1n) is 8.10. The lowest BCUT2D eigenvalue weighted by Gasteiger charge is -2.07. The maximum Gasteiger partial charge on any atom is 0.234 e. The molecule has 1 aliphatic rings. The lowest BCUT2D eigenvalue weighted by atomic mass is 10.2. The SMILES string of the molecule is Cn1c(-c2ccccc2)cnc1SCC(=O)Nc1ccc2c(c1)OCO2. The Bertz CT molecular complexity index is 940. The zero-order chi connectivity index (χ0) is 17.9. The molecule has 0 bridgehead atoms. The molecule has 2 aromatic carbocycles. The fraction of sp³-hybridized carbons (Fsp3) is 0.158. The van der Waals surface area contributed by atoms with Crippen molar-refractivity contribution in [2.75, 3.05) is 17.9 Å². The summed E-state index contributed by atoms with van der Waals surface area (Å²) in [7, 11) is 1.95. The number of nitrogens with one attached hydrogen (secondary N) is 1. The third-order valence-corrected chi connectivity index (χ3v) is 5.05. The molecule has 0 spiro atoms. The van der Waals surface area contributed by atoms with Crippen molar-refractivity contribution in [3.8, 4) is 22.8 Å². The predicted molar refractivity (Wildman–Crippen MR) is 101 cm³/mol. The number of hydrogen-bond acceptors (Lipinski definition) is 5. The topological polar surface area (TPSA) is 65.4 Å². The van der Waals surface area contributed by atoms with E-state index in [1.54, 1.807) is 18.2 Å². The Morgan fingerprint density at radius 1 is 1.19 bits per heavy atom. The van der Waals surface area contributed by atoms with Crippen LogP contribution < -0.4 is 14.8 Å². The van der Waals surface area contributed by atoms with Crippen molar-refractivity contribution in [1.82, 2.24) is 9.55 Å². The number of thioether (sulfide) groups is 1. The molecule has 1 aromatic heterocycles. The van der Waals surface area contributed by atoms with E-state index < -0.39 is 0 Å². The van der Waals surface area contributed by atoms with Crippen LogP contribution in [0.4, 0.5) is 5.69 Å². The van der Waals surface area contributed by atoms with Gasteiger partial charge in [-0.3, -0.25) is 4.79 Å². The van der Waals surface area contributed by atoms with Gasteiger partial charge < -0.3 is 19.4 Å². The van der Waals surface area contributed by atoms with Gasteiger partial charge in [0.1, 0.15) is 0 Å². The van der Waals surface area contributed by atoms with Crippen LogP contribution in [0.1, 0.15) is 0 Å². The molecular weight excluding hydrogens is 350 g/mol. The van der Waals surface area contributed by atoms with Gasteiger partial charge in [0, 0.05) is 18.8 Å². The molecular formula is C19H17N3O3S. The van der Waals surface area contributed by atoms with E-state index in [4.69, 9.17) is 9.47 Å². The predicted octanol–water partition coefficient (Wildman–Crippen LogP) is 3.55. The maximum atomic E-state index is 12.2. The van der Waals surface area contributed by atoms with Crippen LogP contribution in [0.5, 0.6) is 11.5 Å². The highest BCUT2D eigenvalue weighted by Gasteiger charge is 2.15. The Hall–Kier alpha value is -2.93. The number of carbonyl (C=O) groups excluding carboxylic acids is 1. The summed E-state index contributed by atoms with van der Waals surface area (Å²) in [4.78, 5) is 16.7. The summed E-state index contributed by atoms with van der Waals surface area (Å²) in [5, 5.41) is 3.66. The van der Waals surface area contributed by atoms with E-state index in [0.29, 0.717) is 17.2 Å². The quantitative estimate of drug-likeness (QED) is 0.699. The van der Waals surface area contributed by atoms with Gasteiger partial charge >= 0.3 is 0 Å². The van der Waals surface area contributed by atoms with Crippen molar-refractivity contribution in [1.29, 1.82) is 0 Å². The molecule has 0 atom stereocenters. The highest BCUT2D eigenvalue weighted by molar-refractivity contribution is 7.99. The molecule has 7 heteroatoms. The average Bonchev–Trinajstić information content (AvgIpc) is 3.27. The van der Waals surface area contributed by atoms with Crippen LogP contribution in [-0.4, -0.2) is 28.0 Å². The molecule has 0 saturated heterocycles. The molecule has 6 nitrogen and oxygen atoms in total. The molecule has 0 saturated carbocycles. The van der Waals surface area contributed by atoms with Gasteiger partial charge in [-0.2, -0.15) is 0 Å². The number of aromatic nitrogens is 2. The van der Waals surface area contributed by atoms with E-state index in [1.807, 2.05) is 48.1 Å². The fourth-order valence-corrected chi connectivity index (χ4v) is 3.46. The van der Waals surface area contributed by atoms with Crippen molar-refractivity contribution in [2.45, 2.75) is 5.16 Å². The molecule has 0 radical (unpaired) electrons. The van der Waals surface area contributed by atoms with Crippen molar-refractivity contribution >= 4 is 23.4 Å². The fourth-order valence-electron chi connectivity index (χ4n) is 2.71. The lowest BCUT2D eigenvalue weighted by Crippen LogP contribution is -2.14. The minimum atomic E-state index is -0.0990. The van der Waals surface area contributed by atoms with E-state index in [9.17, 15) is 4.79 Å². The van der Waals surface area contributed by atoms with E-state index in [0.717, 1.165) is 16.4 Å². The molecule has 1 amide bonds. The Labute approximate surface area is 155 Å². The van der Waals surface area contributed by atoms with Crippen molar-refractivity contribution in [3.63, 3.8) is 0 Å². The third-order valence-electron chi connectivity index (χ3n) is 4.00. The van der Waals surface area contributed by atoms with E-state index in [2.05, 4.69) is 10.3 Å². The number of benzene rings is 2. The van der Waals surface area contributed by atoms with Gasteiger partial charge in [0.15, 0.2) is 16.7 Å². The van der Waals surface area contributed by atoms with Gasteiger partial charge in [0.2, 0.25) is 12.7 Å². The second-order valence-corrected chi connectivity index (χ2v) is 6.70. The first-order valence-corrected chi connectivity index (χ1v) is 9.09. The molecule has 1 N–H and O–H groups in total. The minimum absolute atomic E-state index is 0.0990. The number of imidazole rings is 1. The van der Waals surface area contributed by atoms with Gasteiger partial charge in [-0.25, -0.2) is 4.98 Å². The van der Waals surface area contributed by atoms with Crippen LogP contribution in [0, 0.1) is 0 Å². The molecule has 132 valence electrons. The molecule has 0 unspecified atom stereocenters. The molecule has 3 aromatic rings. The number of ether oxygens (including phenoxy) is 2. The summed E-state index contributed by atoms with van der Waals surface area (Å²) in [6, 6.07) is 15.4. The van der Waals surface area contributed by atoms with Gasteiger partial charge in [-0.15, -0.1) is 0 Å². The largest absolute Gasteiger partial charge is 0.454 e. The highest BCUT2D eigenvalue weighted by atomic mass is 32.2. The molecule has 0 aliphatic carbocycles. The molecule has 4 rings (SSSR count). The second kappa shape index (κ2) is 7.13. The van der Waals surface area contributed by atoms with Crippen molar-refractivity contribution < 1.29 is 14.3 Å². The Morgan fingerprint density at radius 2 is 2.00 bits per heavy atom. The number of fused-ring (bicyclic) bond motifs is 1. The van der Waals surface area contributed by atoms with Crippen molar-refractivity contribution in [3.05, 3.63) is 54.7 Å². The Balaban J connectivity index is 1.38. The molecule has 2 heterocycles. The van der Waals surface area contributed by atoms with E-state index in [1.165, 1.54) is 11.8 Å². The van der Waals surface area contributed by atoms with Gasteiger partial charge in [0.05, 0.1) is 17.6 Å². The molecule has 26 heavy (non-hydrogen) atoms. The van der Waals surface area contributed by atoms with Gasteiger partial charge in [-0.05, 0) is 17.7 Å². The lowest BCUT2D eigenvalue weighted by molar-refractivity contribution is -0.113. The Morgan fingerprint density at radius 3 is 2.85 bits per heavy atom. The van der Waals surface area contributed by atoms with Crippen LogP contribution in [0.25, 0.3) is 11.3 Å². The number of anilines is 1. The molecule has 0 fully saturated rings. The first kappa shape index (κ1) is 16.5. The monoisotopic (exact) mass is 367 g/mol. The minimum Gasteiger partial charge on any atom is -0.454 e. The zero-order valence-electron chi connectivity index (χ0n) is 14.1. The summed E-state index contributed by atoms with van der Waals surface area (Å²) in [6.45, 7) is 0.214. The van der Waals surface area contributed by atoms with Gasteiger partial charge in [-0.1, -0.05) is 42.1 Å². The second-order valence-electron chi connectivity index (χ2n) is 5.76. The number of hydrogen-bond donors (Lipinski definition) is 1. The van der Waals surface area contributed by atoms with E-state index in [-0.39, 0.29) is 18.5 Å². The van der Waals surface area contributed by atoms with Crippen LogP contribution >= 0.6 is 11.8 Å². The summed E-state index contributed by atoms with van der Waals surface area (Å²) in [5.41, 5.74) is 2.80. The number of nitrogens with zero attached hydrogens (tertiary/aromatic N) is 2. The maximum absolute atomic E-state index is 12.2. The van der Waals surface area contributed by atoms with Gasteiger partial charge in [0.25, 0.3) is 0 Å². The number of rotatable bonds is 5. The Kier molecular flexibility index (Phi) is 4.53. The van der Waals surface area contributed by atoms with Crippen LogP contribution in [-0.2, 0) is 11.8 Å². The summed E-state index contributed by atoms with van der Waals surface area (Å²) < 4.78 is 12.6. The summed E-state index contributed by atoms with van der Waals surface area (Å²) >= 11 is 1.40. The molecule has 1 aliphatic heterocycles. The number of carbonyl (C=O) groups is 1. The normalized spacial score (nSPS) is 12.2. The highest BCUT2D eigenvalue weighted by Crippen LogP contribution is 2.34. The standard InChI is InChI=1S/C19H17N3O3S/c1-22-15(13-5-3-2-4-6-13)10-20-19(22)26-11-18(23)21-14-7-8-16-17(9-14)25-12-24-16/h2-10H,11-12H2,1H3,(H,21,23). The van der Waals surface area contributed by atoms with Crippen LogP contribution in [0.15, 0.2) is 59.9 Å². The average molecular weight is 367 g/mol.